The van der Waals surface area contributed by atoms with Crippen molar-refractivity contribution in [3.05, 3.63) is 33.9 Å². The second-order valence-electron chi connectivity index (χ2n) is 2.60. The molecule has 0 atom stereocenters. The van der Waals surface area contributed by atoms with Crippen LogP contribution in [0.1, 0.15) is 10.4 Å². The predicted octanol–water partition coefficient (Wildman–Crippen LogP) is 1.55. The van der Waals surface area contributed by atoms with Crippen molar-refractivity contribution in [1.29, 1.82) is 0 Å². The summed E-state index contributed by atoms with van der Waals surface area (Å²) in [6, 6.07) is 3.84. The Labute approximate surface area is 77.3 Å². The monoisotopic (exact) mass is 192 g/mol. The standard InChI is InChI=1S/C8H4N2O4/c11-4-5-1-2-7-6(3-5)9-8(14-7)10(12)13/h1-4H. The summed E-state index contributed by atoms with van der Waals surface area (Å²) in [5.41, 5.74) is 1.00. The molecule has 6 nitrogen and oxygen atoms in total. The Balaban J connectivity index is 2.65. The summed E-state index contributed by atoms with van der Waals surface area (Å²) in [6.45, 7) is 0. The maximum atomic E-state index is 10.4. The van der Waals surface area contributed by atoms with Gasteiger partial charge in [-0.15, -0.1) is 0 Å². The number of aldehydes is 1. The molecule has 0 aliphatic rings. The van der Waals surface area contributed by atoms with Gasteiger partial charge in [0.1, 0.15) is 6.29 Å². The van der Waals surface area contributed by atoms with E-state index in [4.69, 9.17) is 4.42 Å². The van der Waals surface area contributed by atoms with Gasteiger partial charge in [0.25, 0.3) is 0 Å². The molecule has 1 aromatic carbocycles. The van der Waals surface area contributed by atoms with Crippen LogP contribution in [0.25, 0.3) is 11.1 Å². The Morgan fingerprint density at radius 3 is 2.93 bits per heavy atom. The highest BCUT2D eigenvalue weighted by Crippen LogP contribution is 2.20. The van der Waals surface area contributed by atoms with Crippen molar-refractivity contribution in [2.24, 2.45) is 0 Å². The van der Waals surface area contributed by atoms with Crippen LogP contribution in [0.5, 0.6) is 0 Å². The lowest BCUT2D eigenvalue weighted by Crippen LogP contribution is -1.85. The van der Waals surface area contributed by atoms with Gasteiger partial charge in [0, 0.05) is 21.5 Å². The summed E-state index contributed by atoms with van der Waals surface area (Å²) in [5.74, 6) is 0. The first-order valence-corrected chi connectivity index (χ1v) is 3.71. The number of nitrogens with zero attached hydrogens (tertiary/aromatic N) is 2. The van der Waals surface area contributed by atoms with E-state index in [2.05, 4.69) is 4.98 Å². The van der Waals surface area contributed by atoms with Crippen LogP contribution in [0.4, 0.5) is 6.01 Å². The van der Waals surface area contributed by atoms with Crippen LogP contribution in [-0.4, -0.2) is 16.2 Å². The fourth-order valence-corrected chi connectivity index (χ4v) is 1.08. The minimum absolute atomic E-state index is 0.294. The molecule has 0 spiro atoms. The molecular weight excluding hydrogens is 188 g/mol. The maximum absolute atomic E-state index is 10.4. The zero-order chi connectivity index (χ0) is 10.1. The smallest absolute Gasteiger partial charge is 0.381 e. The summed E-state index contributed by atoms with van der Waals surface area (Å²) in [4.78, 5) is 23.6. The van der Waals surface area contributed by atoms with Crippen molar-refractivity contribution in [3.8, 4) is 0 Å². The number of oxazole rings is 1. The molecule has 1 heterocycles. The van der Waals surface area contributed by atoms with Crippen LogP contribution in [0.3, 0.4) is 0 Å². The predicted molar refractivity (Wildman–Crippen MR) is 46.1 cm³/mol. The summed E-state index contributed by atoms with van der Waals surface area (Å²) in [5, 5.41) is 10.3. The number of nitro groups is 1. The topological polar surface area (TPSA) is 86.2 Å². The summed E-state index contributed by atoms with van der Waals surface area (Å²) in [7, 11) is 0. The molecular formula is C8H4N2O4. The van der Waals surface area contributed by atoms with Gasteiger partial charge in [-0.05, 0) is 12.1 Å². The fourth-order valence-electron chi connectivity index (χ4n) is 1.08. The molecule has 0 amide bonds. The van der Waals surface area contributed by atoms with E-state index in [0.29, 0.717) is 22.9 Å². The number of benzene rings is 1. The Morgan fingerprint density at radius 2 is 2.29 bits per heavy atom. The third-order valence-electron chi connectivity index (χ3n) is 1.69. The molecule has 14 heavy (non-hydrogen) atoms. The molecule has 0 saturated carbocycles. The third kappa shape index (κ3) is 1.22. The maximum Gasteiger partial charge on any atom is 0.546 e. The molecule has 0 fully saturated rings. The second kappa shape index (κ2) is 2.91. The first-order chi connectivity index (χ1) is 6.70. The molecule has 0 aliphatic heterocycles. The van der Waals surface area contributed by atoms with Crippen LogP contribution in [-0.2, 0) is 0 Å². The molecule has 2 aromatic rings. The lowest BCUT2D eigenvalue weighted by molar-refractivity contribution is -0.406. The average molecular weight is 192 g/mol. The van der Waals surface area contributed by atoms with Gasteiger partial charge in [-0.3, -0.25) is 4.79 Å². The molecule has 0 aliphatic carbocycles. The first kappa shape index (κ1) is 8.36. The van der Waals surface area contributed by atoms with Gasteiger partial charge in [0.05, 0.1) is 0 Å². The number of hydrogen-bond acceptors (Lipinski definition) is 5. The van der Waals surface area contributed by atoms with E-state index < -0.39 is 10.9 Å². The zero-order valence-electron chi connectivity index (χ0n) is 6.84. The average Bonchev–Trinajstić information content (AvgIpc) is 2.59. The van der Waals surface area contributed by atoms with Crippen LogP contribution in [0.15, 0.2) is 22.6 Å². The van der Waals surface area contributed by atoms with E-state index in [9.17, 15) is 14.9 Å². The van der Waals surface area contributed by atoms with E-state index in [1.54, 1.807) is 0 Å². The van der Waals surface area contributed by atoms with E-state index in [1.165, 1.54) is 18.2 Å². The van der Waals surface area contributed by atoms with Crippen LogP contribution < -0.4 is 0 Å². The SMILES string of the molecule is O=Cc1ccc2oc([N+](=O)[O-])nc2c1. The summed E-state index contributed by atoms with van der Waals surface area (Å²) >= 11 is 0. The van der Waals surface area contributed by atoms with E-state index in [0.717, 1.165) is 0 Å². The van der Waals surface area contributed by atoms with Crippen molar-refractivity contribution in [3.63, 3.8) is 0 Å². The largest absolute Gasteiger partial charge is 0.546 e. The van der Waals surface area contributed by atoms with Gasteiger partial charge in [0.15, 0.2) is 5.58 Å². The van der Waals surface area contributed by atoms with Crippen LogP contribution in [0, 0.1) is 10.1 Å². The molecule has 6 heteroatoms. The van der Waals surface area contributed by atoms with Gasteiger partial charge in [-0.25, -0.2) is 0 Å². The Morgan fingerprint density at radius 1 is 1.50 bits per heavy atom. The minimum Gasteiger partial charge on any atom is -0.381 e. The van der Waals surface area contributed by atoms with Gasteiger partial charge >= 0.3 is 6.01 Å². The Kier molecular flexibility index (Phi) is 1.74. The van der Waals surface area contributed by atoms with Gasteiger partial charge in [-0.1, -0.05) is 0 Å². The molecule has 0 N–H and O–H groups in total. The highest BCUT2D eigenvalue weighted by Gasteiger charge is 2.17. The van der Waals surface area contributed by atoms with Crippen LogP contribution >= 0.6 is 0 Å². The Hall–Kier alpha value is -2.24. The van der Waals surface area contributed by atoms with E-state index >= 15 is 0 Å². The molecule has 0 saturated heterocycles. The second-order valence-corrected chi connectivity index (χ2v) is 2.60. The molecule has 2 rings (SSSR count). The normalized spacial score (nSPS) is 10.3. The third-order valence-corrected chi connectivity index (χ3v) is 1.69. The van der Waals surface area contributed by atoms with Gasteiger partial charge in [-0.2, -0.15) is 0 Å². The van der Waals surface area contributed by atoms with Crippen molar-refractivity contribution in [2.75, 3.05) is 0 Å². The molecule has 0 radical (unpaired) electrons. The highest BCUT2D eigenvalue weighted by molar-refractivity contribution is 5.84. The number of aromatic nitrogens is 1. The van der Waals surface area contributed by atoms with Gasteiger partial charge in [0.2, 0.25) is 5.52 Å². The fraction of sp³-hybridized carbons (Fsp3) is 0. The highest BCUT2D eigenvalue weighted by atomic mass is 16.7. The molecule has 70 valence electrons. The number of carbonyl (C=O) groups excluding carboxylic acids is 1. The van der Waals surface area contributed by atoms with E-state index in [1.807, 2.05) is 0 Å². The minimum atomic E-state index is -0.722. The van der Waals surface area contributed by atoms with Crippen molar-refractivity contribution in [1.82, 2.24) is 4.98 Å². The van der Waals surface area contributed by atoms with Crippen molar-refractivity contribution < 1.29 is 14.1 Å². The molecule has 0 bridgehead atoms. The quantitative estimate of drug-likeness (QED) is 0.409. The Bertz CT molecular complexity index is 517. The first-order valence-electron chi connectivity index (χ1n) is 3.71. The van der Waals surface area contributed by atoms with Crippen molar-refractivity contribution >= 4 is 23.4 Å². The van der Waals surface area contributed by atoms with Gasteiger partial charge < -0.3 is 14.5 Å². The lowest BCUT2D eigenvalue weighted by Gasteiger charge is -1.84. The number of rotatable bonds is 2. The van der Waals surface area contributed by atoms with Crippen molar-refractivity contribution in [2.45, 2.75) is 0 Å². The summed E-state index contributed by atoms with van der Waals surface area (Å²) in [6.07, 6.45) is 0.639. The summed E-state index contributed by atoms with van der Waals surface area (Å²) < 4.78 is 4.80. The van der Waals surface area contributed by atoms with E-state index in [-0.39, 0.29) is 0 Å². The molecule has 1 aromatic heterocycles. The number of hydrogen-bond donors (Lipinski definition) is 0. The van der Waals surface area contributed by atoms with Crippen LogP contribution in [0.2, 0.25) is 0 Å². The number of carbonyl (C=O) groups is 1. The lowest BCUT2D eigenvalue weighted by atomic mass is 10.2. The zero-order valence-corrected chi connectivity index (χ0v) is 6.84. The molecule has 0 unspecified atom stereocenters. The number of fused-ring (bicyclic) bond motifs is 1.